The van der Waals surface area contributed by atoms with Crippen molar-refractivity contribution >= 4 is 21.6 Å². The van der Waals surface area contributed by atoms with Crippen LogP contribution in [0.15, 0.2) is 22.7 Å². The second-order valence-electron chi connectivity index (χ2n) is 4.91. The van der Waals surface area contributed by atoms with Gasteiger partial charge in [0.15, 0.2) is 0 Å². The summed E-state index contributed by atoms with van der Waals surface area (Å²) in [4.78, 5) is 0. The number of anilines is 1. The first-order valence-corrected chi connectivity index (χ1v) is 7.28. The molecule has 0 saturated carbocycles. The molecule has 0 bridgehead atoms. The van der Waals surface area contributed by atoms with Gasteiger partial charge in [0.1, 0.15) is 0 Å². The maximum atomic E-state index is 12.7. The molecule has 0 atom stereocenters. The maximum Gasteiger partial charge on any atom is 0.417 e. The van der Waals surface area contributed by atoms with Crippen LogP contribution < -0.4 is 5.32 Å². The summed E-state index contributed by atoms with van der Waals surface area (Å²) in [7, 11) is 0. The van der Waals surface area contributed by atoms with Gasteiger partial charge in [-0.25, -0.2) is 0 Å². The van der Waals surface area contributed by atoms with Crippen LogP contribution in [0.3, 0.4) is 0 Å². The Labute approximate surface area is 125 Å². The SMILES string of the molecule is CC(C)CCOCCNc1ccc(Br)c(C(F)(F)F)c1. The number of hydrogen-bond donors (Lipinski definition) is 1. The molecule has 0 aromatic heterocycles. The molecule has 0 radical (unpaired) electrons. The molecule has 0 aliphatic rings. The fraction of sp³-hybridized carbons (Fsp3) is 0.571. The van der Waals surface area contributed by atoms with Crippen molar-refractivity contribution in [3.63, 3.8) is 0 Å². The predicted octanol–water partition coefficient (Wildman–Crippen LogP) is 4.94. The highest BCUT2D eigenvalue weighted by Crippen LogP contribution is 2.36. The van der Waals surface area contributed by atoms with Crippen LogP contribution in [0.4, 0.5) is 18.9 Å². The summed E-state index contributed by atoms with van der Waals surface area (Å²) >= 11 is 2.91. The minimum Gasteiger partial charge on any atom is -0.383 e. The Kier molecular flexibility index (Phi) is 6.82. The molecule has 20 heavy (non-hydrogen) atoms. The van der Waals surface area contributed by atoms with Gasteiger partial charge in [-0.3, -0.25) is 0 Å². The Morgan fingerprint density at radius 1 is 1.25 bits per heavy atom. The van der Waals surface area contributed by atoms with Gasteiger partial charge in [-0.15, -0.1) is 0 Å². The third kappa shape index (κ3) is 6.13. The molecular formula is C14H19BrF3NO. The third-order valence-electron chi connectivity index (χ3n) is 2.69. The van der Waals surface area contributed by atoms with Crippen molar-refractivity contribution in [2.75, 3.05) is 25.1 Å². The largest absolute Gasteiger partial charge is 0.417 e. The van der Waals surface area contributed by atoms with Crippen LogP contribution in [0.2, 0.25) is 0 Å². The number of halogens is 4. The highest BCUT2D eigenvalue weighted by Gasteiger charge is 2.33. The van der Waals surface area contributed by atoms with E-state index < -0.39 is 11.7 Å². The quantitative estimate of drug-likeness (QED) is 0.700. The zero-order chi connectivity index (χ0) is 15.2. The zero-order valence-electron chi connectivity index (χ0n) is 11.6. The van der Waals surface area contributed by atoms with Crippen LogP contribution in [-0.4, -0.2) is 19.8 Å². The van der Waals surface area contributed by atoms with Crippen molar-refractivity contribution in [2.45, 2.75) is 26.4 Å². The Hall–Kier alpha value is -0.750. The van der Waals surface area contributed by atoms with Crippen molar-refractivity contribution in [1.82, 2.24) is 0 Å². The molecular weight excluding hydrogens is 335 g/mol. The van der Waals surface area contributed by atoms with E-state index in [0.717, 1.165) is 12.5 Å². The van der Waals surface area contributed by atoms with E-state index in [2.05, 4.69) is 35.1 Å². The average molecular weight is 354 g/mol. The lowest BCUT2D eigenvalue weighted by atomic mass is 10.1. The molecule has 0 aliphatic carbocycles. The van der Waals surface area contributed by atoms with E-state index in [1.165, 1.54) is 6.07 Å². The number of alkyl halides is 3. The lowest BCUT2D eigenvalue weighted by Gasteiger charge is -2.13. The summed E-state index contributed by atoms with van der Waals surface area (Å²) in [5.74, 6) is 0.587. The van der Waals surface area contributed by atoms with Crippen molar-refractivity contribution in [3.8, 4) is 0 Å². The molecule has 6 heteroatoms. The summed E-state index contributed by atoms with van der Waals surface area (Å²) in [6.45, 7) is 5.86. The molecule has 1 aromatic carbocycles. The van der Waals surface area contributed by atoms with Gasteiger partial charge in [0.05, 0.1) is 12.2 Å². The van der Waals surface area contributed by atoms with Crippen molar-refractivity contribution < 1.29 is 17.9 Å². The Morgan fingerprint density at radius 2 is 1.95 bits per heavy atom. The molecule has 0 spiro atoms. The van der Waals surface area contributed by atoms with Gasteiger partial charge >= 0.3 is 6.18 Å². The fourth-order valence-electron chi connectivity index (χ4n) is 1.54. The fourth-order valence-corrected chi connectivity index (χ4v) is 2.01. The molecule has 1 aromatic rings. The van der Waals surface area contributed by atoms with E-state index in [0.29, 0.717) is 31.4 Å². The normalized spacial score (nSPS) is 11.9. The molecule has 1 N–H and O–H groups in total. The number of ether oxygens (including phenoxy) is 1. The van der Waals surface area contributed by atoms with Crippen LogP contribution in [0, 0.1) is 5.92 Å². The highest BCUT2D eigenvalue weighted by atomic mass is 79.9. The molecule has 0 saturated heterocycles. The smallest absolute Gasteiger partial charge is 0.383 e. The van der Waals surface area contributed by atoms with Gasteiger partial charge < -0.3 is 10.1 Å². The maximum absolute atomic E-state index is 12.7. The Bertz CT molecular complexity index is 421. The van der Waals surface area contributed by atoms with E-state index in [-0.39, 0.29) is 4.47 Å². The van der Waals surface area contributed by atoms with Gasteiger partial charge in [-0.05, 0) is 30.5 Å². The molecule has 2 nitrogen and oxygen atoms in total. The first-order chi connectivity index (χ1) is 9.30. The second kappa shape index (κ2) is 7.88. The lowest BCUT2D eigenvalue weighted by molar-refractivity contribution is -0.138. The van der Waals surface area contributed by atoms with Gasteiger partial charge in [-0.2, -0.15) is 13.2 Å². The summed E-state index contributed by atoms with van der Waals surface area (Å²) < 4.78 is 43.6. The van der Waals surface area contributed by atoms with Gasteiger partial charge in [0.25, 0.3) is 0 Å². The van der Waals surface area contributed by atoms with Crippen molar-refractivity contribution in [1.29, 1.82) is 0 Å². The number of nitrogens with one attached hydrogen (secondary N) is 1. The number of hydrogen-bond acceptors (Lipinski definition) is 2. The summed E-state index contributed by atoms with van der Waals surface area (Å²) in [6.07, 6.45) is -3.37. The molecule has 0 fully saturated rings. The van der Waals surface area contributed by atoms with Crippen LogP contribution in [0.1, 0.15) is 25.8 Å². The predicted molar refractivity (Wildman–Crippen MR) is 77.9 cm³/mol. The molecule has 0 unspecified atom stereocenters. The summed E-state index contributed by atoms with van der Waals surface area (Å²) in [6, 6.07) is 4.09. The molecule has 0 amide bonds. The topological polar surface area (TPSA) is 21.3 Å². The van der Waals surface area contributed by atoms with Gasteiger partial charge in [0, 0.05) is 23.3 Å². The highest BCUT2D eigenvalue weighted by molar-refractivity contribution is 9.10. The van der Waals surface area contributed by atoms with E-state index in [9.17, 15) is 13.2 Å². The van der Waals surface area contributed by atoms with Gasteiger partial charge in [0.2, 0.25) is 0 Å². The summed E-state index contributed by atoms with van der Waals surface area (Å²) in [5.41, 5.74) is -0.240. The van der Waals surface area contributed by atoms with E-state index in [1.54, 1.807) is 6.07 Å². The minimum atomic E-state index is -4.36. The Morgan fingerprint density at radius 3 is 2.55 bits per heavy atom. The molecule has 1 rings (SSSR count). The van der Waals surface area contributed by atoms with Crippen LogP contribution in [0.25, 0.3) is 0 Å². The van der Waals surface area contributed by atoms with Crippen LogP contribution in [-0.2, 0) is 10.9 Å². The third-order valence-corrected chi connectivity index (χ3v) is 3.38. The van der Waals surface area contributed by atoms with Crippen LogP contribution in [0.5, 0.6) is 0 Å². The monoisotopic (exact) mass is 353 g/mol. The lowest BCUT2D eigenvalue weighted by Crippen LogP contribution is -2.12. The molecule has 0 aliphatic heterocycles. The van der Waals surface area contributed by atoms with Crippen LogP contribution >= 0.6 is 15.9 Å². The zero-order valence-corrected chi connectivity index (χ0v) is 13.1. The first kappa shape index (κ1) is 17.3. The number of rotatable bonds is 7. The van der Waals surface area contributed by atoms with E-state index in [4.69, 9.17) is 4.74 Å². The molecule has 0 heterocycles. The average Bonchev–Trinajstić information content (AvgIpc) is 2.33. The van der Waals surface area contributed by atoms with E-state index in [1.807, 2.05) is 0 Å². The standard InChI is InChI=1S/C14H19BrF3NO/c1-10(2)5-7-20-8-6-19-11-3-4-13(15)12(9-11)14(16,17)18/h3-4,9-10,19H,5-8H2,1-2H3. The van der Waals surface area contributed by atoms with Gasteiger partial charge in [-0.1, -0.05) is 29.8 Å². The summed E-state index contributed by atoms with van der Waals surface area (Å²) in [5, 5.41) is 2.93. The Balaban J connectivity index is 2.41. The number of benzene rings is 1. The first-order valence-electron chi connectivity index (χ1n) is 6.49. The van der Waals surface area contributed by atoms with Crippen molar-refractivity contribution in [3.05, 3.63) is 28.2 Å². The second-order valence-corrected chi connectivity index (χ2v) is 5.77. The van der Waals surface area contributed by atoms with Crippen molar-refractivity contribution in [2.24, 2.45) is 5.92 Å². The molecule has 114 valence electrons. The minimum absolute atomic E-state index is 0.0451. The van der Waals surface area contributed by atoms with E-state index >= 15 is 0 Å².